The van der Waals surface area contributed by atoms with Crippen molar-refractivity contribution in [1.29, 1.82) is 0 Å². The van der Waals surface area contributed by atoms with Gasteiger partial charge >= 0.3 is 0 Å². The van der Waals surface area contributed by atoms with Crippen molar-refractivity contribution < 1.29 is 8.76 Å². The van der Waals surface area contributed by atoms with Crippen LogP contribution >= 0.6 is 0 Å². The van der Waals surface area contributed by atoms with Gasteiger partial charge in [-0.2, -0.15) is 0 Å². The predicted octanol–water partition coefficient (Wildman–Crippen LogP) is 3.00. The summed E-state index contributed by atoms with van der Waals surface area (Å²) in [6.07, 6.45) is 7.26. The van der Waals surface area contributed by atoms with Crippen molar-refractivity contribution in [2.24, 2.45) is 0 Å². The molecule has 1 aromatic carbocycles. The molecule has 23 heavy (non-hydrogen) atoms. The largest absolute Gasteiger partial charge is 0.772 e. The maximum Gasteiger partial charge on any atom is 0.0456 e. The van der Waals surface area contributed by atoms with Gasteiger partial charge in [0.1, 0.15) is 0 Å². The van der Waals surface area contributed by atoms with Gasteiger partial charge in [-0.25, -0.2) is 0 Å². The molecular formula is C18H25N2O2S-. The molecule has 0 amide bonds. The van der Waals surface area contributed by atoms with Crippen LogP contribution in [0.2, 0.25) is 0 Å². The standard InChI is InChI=1S/C18H26N2O2S/c1-13(23(21)22)5-6-14-7-8-18-17(10-14)15(12-19-18)11-16-4-3-9-20(16)2/h7-8,10,12-13,16,19H,3-6,9,11H2,1-2H3,(H,21,22)/p-1/t13-,16-/m1/s1. The number of likely N-dealkylation sites (N-methyl/N-ethyl adjacent to an activating group) is 1. The molecule has 1 fully saturated rings. The molecule has 0 radical (unpaired) electrons. The van der Waals surface area contributed by atoms with E-state index in [1.165, 1.54) is 41.4 Å². The second kappa shape index (κ2) is 7.16. The molecule has 126 valence electrons. The summed E-state index contributed by atoms with van der Waals surface area (Å²) < 4.78 is 21.9. The summed E-state index contributed by atoms with van der Waals surface area (Å²) in [5.74, 6) is 0. The Labute approximate surface area is 140 Å². The van der Waals surface area contributed by atoms with Gasteiger partial charge in [0.25, 0.3) is 0 Å². The molecule has 1 unspecified atom stereocenters. The van der Waals surface area contributed by atoms with Crippen LogP contribution in [0.15, 0.2) is 24.4 Å². The fraction of sp³-hybridized carbons (Fsp3) is 0.556. The fourth-order valence-corrected chi connectivity index (χ4v) is 3.82. The summed E-state index contributed by atoms with van der Waals surface area (Å²) >= 11 is -1.98. The van der Waals surface area contributed by atoms with Crippen LogP contribution in [0.1, 0.15) is 37.3 Å². The number of hydrogen-bond donors (Lipinski definition) is 1. The van der Waals surface area contributed by atoms with E-state index in [1.54, 1.807) is 6.92 Å². The van der Waals surface area contributed by atoms with Crippen molar-refractivity contribution in [1.82, 2.24) is 9.88 Å². The third kappa shape index (κ3) is 3.84. The summed E-state index contributed by atoms with van der Waals surface area (Å²) in [4.78, 5) is 5.82. The number of H-pyrrole nitrogens is 1. The van der Waals surface area contributed by atoms with Crippen molar-refractivity contribution >= 4 is 22.0 Å². The lowest BCUT2D eigenvalue weighted by Crippen LogP contribution is -2.26. The van der Waals surface area contributed by atoms with Crippen LogP contribution in [0.4, 0.5) is 0 Å². The van der Waals surface area contributed by atoms with Crippen molar-refractivity contribution in [2.75, 3.05) is 13.6 Å². The molecule has 5 heteroatoms. The normalized spacial score (nSPS) is 21.8. The minimum absolute atomic E-state index is 0.288. The summed E-state index contributed by atoms with van der Waals surface area (Å²) in [5, 5.41) is 1.00. The molecule has 0 saturated carbocycles. The summed E-state index contributed by atoms with van der Waals surface area (Å²) in [6.45, 7) is 2.96. The molecule has 2 heterocycles. The van der Waals surface area contributed by atoms with E-state index in [4.69, 9.17) is 0 Å². The first-order chi connectivity index (χ1) is 11.0. The minimum Gasteiger partial charge on any atom is -0.772 e. The second-order valence-corrected chi connectivity index (χ2v) is 8.11. The number of fused-ring (bicyclic) bond motifs is 1. The van der Waals surface area contributed by atoms with Gasteiger partial charge in [-0.1, -0.05) is 24.1 Å². The molecular weight excluding hydrogens is 308 g/mol. The Kier molecular flexibility index (Phi) is 5.19. The van der Waals surface area contributed by atoms with Crippen LogP contribution in [0, 0.1) is 0 Å². The predicted molar refractivity (Wildman–Crippen MR) is 94.4 cm³/mol. The molecule has 4 nitrogen and oxygen atoms in total. The van der Waals surface area contributed by atoms with Gasteiger partial charge in [-0.05, 0) is 69.0 Å². The van der Waals surface area contributed by atoms with Gasteiger partial charge in [-0.3, -0.25) is 4.21 Å². The molecule has 0 bridgehead atoms. The zero-order valence-corrected chi connectivity index (χ0v) is 14.7. The quantitative estimate of drug-likeness (QED) is 0.827. The van der Waals surface area contributed by atoms with Gasteiger partial charge in [-0.15, -0.1) is 0 Å². The van der Waals surface area contributed by atoms with Crippen LogP contribution in [-0.4, -0.2) is 43.5 Å². The molecule has 0 spiro atoms. The average Bonchev–Trinajstić information content (AvgIpc) is 3.12. The van der Waals surface area contributed by atoms with Crippen LogP contribution in [-0.2, 0) is 23.9 Å². The second-order valence-electron chi connectivity index (χ2n) is 6.78. The number of nitrogens with one attached hydrogen (secondary N) is 1. The van der Waals surface area contributed by atoms with Crippen LogP contribution in [0.5, 0.6) is 0 Å². The smallest absolute Gasteiger partial charge is 0.0456 e. The summed E-state index contributed by atoms with van der Waals surface area (Å²) in [6, 6.07) is 7.09. The summed E-state index contributed by atoms with van der Waals surface area (Å²) in [5.41, 5.74) is 3.77. The third-order valence-electron chi connectivity index (χ3n) is 5.13. The van der Waals surface area contributed by atoms with Crippen LogP contribution in [0.25, 0.3) is 10.9 Å². The van der Waals surface area contributed by atoms with Gasteiger partial charge < -0.3 is 14.4 Å². The topological polar surface area (TPSA) is 59.2 Å². The van der Waals surface area contributed by atoms with Crippen molar-refractivity contribution in [3.8, 4) is 0 Å². The Hall–Kier alpha value is -1.17. The lowest BCUT2D eigenvalue weighted by molar-refractivity contribution is 0.310. The van der Waals surface area contributed by atoms with Gasteiger partial charge in [0, 0.05) is 28.4 Å². The number of likely N-dealkylation sites (tertiary alicyclic amines) is 1. The van der Waals surface area contributed by atoms with E-state index in [-0.39, 0.29) is 5.25 Å². The number of aromatic amines is 1. The number of aryl methyl sites for hydroxylation is 1. The Balaban J connectivity index is 1.75. The highest BCUT2D eigenvalue weighted by atomic mass is 32.2. The van der Waals surface area contributed by atoms with E-state index in [1.807, 2.05) is 0 Å². The average molecular weight is 333 g/mol. The zero-order chi connectivity index (χ0) is 16.4. The highest BCUT2D eigenvalue weighted by molar-refractivity contribution is 7.79. The van der Waals surface area contributed by atoms with Crippen molar-refractivity contribution in [3.05, 3.63) is 35.5 Å². The molecule has 1 saturated heterocycles. The van der Waals surface area contributed by atoms with E-state index >= 15 is 0 Å². The minimum atomic E-state index is -1.98. The molecule has 1 aliphatic rings. The highest BCUT2D eigenvalue weighted by Crippen LogP contribution is 2.26. The van der Waals surface area contributed by atoms with Gasteiger partial charge in [0.15, 0.2) is 0 Å². The number of nitrogens with zero attached hydrogens (tertiary/aromatic N) is 1. The van der Waals surface area contributed by atoms with Crippen LogP contribution < -0.4 is 0 Å². The van der Waals surface area contributed by atoms with E-state index in [0.717, 1.165) is 12.8 Å². The van der Waals surface area contributed by atoms with Crippen molar-refractivity contribution in [3.63, 3.8) is 0 Å². The molecule has 1 aromatic heterocycles. The van der Waals surface area contributed by atoms with Gasteiger partial charge in [0.2, 0.25) is 0 Å². The zero-order valence-electron chi connectivity index (χ0n) is 13.9. The van der Waals surface area contributed by atoms with Crippen molar-refractivity contribution in [2.45, 2.75) is 50.3 Å². The Bertz CT molecular complexity index is 697. The maximum absolute atomic E-state index is 11.0. The highest BCUT2D eigenvalue weighted by Gasteiger charge is 2.22. The molecule has 0 aliphatic carbocycles. The Morgan fingerprint density at radius 3 is 3.00 bits per heavy atom. The molecule has 1 aliphatic heterocycles. The van der Waals surface area contributed by atoms with E-state index < -0.39 is 11.1 Å². The lowest BCUT2D eigenvalue weighted by Gasteiger charge is -2.19. The number of benzene rings is 1. The first-order valence-electron chi connectivity index (χ1n) is 8.42. The molecule has 1 N–H and O–H groups in total. The summed E-state index contributed by atoms with van der Waals surface area (Å²) in [7, 11) is 2.21. The number of aromatic nitrogens is 1. The van der Waals surface area contributed by atoms with E-state index in [9.17, 15) is 8.76 Å². The number of hydrogen-bond acceptors (Lipinski definition) is 3. The number of rotatable bonds is 6. The lowest BCUT2D eigenvalue weighted by atomic mass is 10.0. The molecule has 3 rings (SSSR count). The SMILES string of the molecule is C[C@H](CCc1ccc2[nH]cc(C[C@H]3CCCN3C)c2c1)S(=O)[O-]. The maximum atomic E-state index is 11.0. The van der Waals surface area contributed by atoms with Gasteiger partial charge in [0.05, 0.1) is 0 Å². The van der Waals surface area contributed by atoms with E-state index in [0.29, 0.717) is 12.5 Å². The fourth-order valence-electron chi connectivity index (χ4n) is 3.51. The molecule has 2 aromatic rings. The third-order valence-corrected chi connectivity index (χ3v) is 6.02. The Morgan fingerprint density at radius 2 is 2.30 bits per heavy atom. The Morgan fingerprint density at radius 1 is 1.48 bits per heavy atom. The first-order valence-corrected chi connectivity index (χ1v) is 9.55. The molecule has 3 atom stereocenters. The monoisotopic (exact) mass is 333 g/mol. The first kappa shape index (κ1) is 16.7. The van der Waals surface area contributed by atoms with E-state index in [2.05, 4.69) is 41.3 Å². The van der Waals surface area contributed by atoms with Crippen LogP contribution in [0.3, 0.4) is 0 Å².